The van der Waals surface area contributed by atoms with Crippen LogP contribution in [-0.2, 0) is 0 Å². The lowest BCUT2D eigenvalue weighted by Crippen LogP contribution is -3.00. The summed E-state index contributed by atoms with van der Waals surface area (Å²) in [5.41, 5.74) is 9.89. The molecule has 0 saturated heterocycles. The molecule has 0 aliphatic carbocycles. The number of halogens is 2. The van der Waals surface area contributed by atoms with E-state index in [1.807, 2.05) is 17.5 Å². The number of nitrogen functional groups attached to an aromatic ring is 1. The first-order chi connectivity index (χ1) is 8.79. The molecular formula is C14H24Cl2N4O. The zero-order chi connectivity index (χ0) is 14.2. The van der Waals surface area contributed by atoms with Crippen molar-refractivity contribution < 1.29 is 21.6 Å². The molecule has 0 saturated carbocycles. The topological polar surface area (TPSA) is 52.5 Å². The highest BCUT2D eigenvalue weighted by atomic mass is 35.5. The van der Waals surface area contributed by atoms with Gasteiger partial charge in [-0.1, -0.05) is 6.07 Å². The molecule has 21 heavy (non-hydrogen) atoms. The normalized spacial score (nSPS) is 10.9. The van der Waals surface area contributed by atoms with Gasteiger partial charge in [0.25, 0.3) is 5.88 Å². The first-order valence-corrected chi connectivity index (χ1v) is 6.47. The third-order valence-corrected chi connectivity index (χ3v) is 3.31. The van der Waals surface area contributed by atoms with Crippen molar-refractivity contribution >= 4 is 23.6 Å². The number of quaternary nitrogens is 1. The van der Waals surface area contributed by atoms with Gasteiger partial charge in [-0.05, 0) is 25.5 Å². The molecule has 0 radical (unpaired) electrons. The second kappa shape index (κ2) is 7.20. The van der Waals surface area contributed by atoms with E-state index in [0.29, 0.717) is 18.2 Å². The Labute approximate surface area is 138 Å². The van der Waals surface area contributed by atoms with E-state index in [1.165, 1.54) is 5.56 Å². The van der Waals surface area contributed by atoms with E-state index >= 15 is 0 Å². The maximum Gasteiger partial charge on any atom is 0.257 e. The van der Waals surface area contributed by atoms with Crippen LogP contribution < -0.4 is 22.9 Å². The quantitative estimate of drug-likeness (QED) is 0.733. The Kier molecular flexibility index (Phi) is 6.80. The molecule has 2 rings (SSSR count). The lowest BCUT2D eigenvalue weighted by molar-refractivity contribution is -0.870. The van der Waals surface area contributed by atoms with Gasteiger partial charge in [0.1, 0.15) is 18.8 Å². The van der Waals surface area contributed by atoms with Crippen molar-refractivity contribution in [1.82, 2.24) is 9.61 Å². The van der Waals surface area contributed by atoms with Crippen LogP contribution in [0.1, 0.15) is 11.3 Å². The number of anilines is 1. The Hall–Kier alpha value is -1.17. The summed E-state index contributed by atoms with van der Waals surface area (Å²) in [7, 11) is 6.39. The Balaban J connectivity index is 0.00000200. The average Bonchev–Trinajstić information content (AvgIpc) is 2.61. The molecule has 0 aliphatic rings. The molecule has 0 fully saturated rings. The standard InChI is InChI=1S/C14H23N4O.2ClH/c1-10-6-7-12-13(15)14(16-17(12)11(10)2)19-9-8-18(3,4)5;;/h6-7H,8-9,15H2,1-5H3;2*1H/q+1;;/p-1. The van der Waals surface area contributed by atoms with E-state index in [-0.39, 0.29) is 24.8 Å². The minimum Gasteiger partial charge on any atom is -1.00 e. The molecule has 0 unspecified atom stereocenters. The molecular weight excluding hydrogens is 311 g/mol. The zero-order valence-corrected chi connectivity index (χ0v) is 14.8. The summed E-state index contributed by atoms with van der Waals surface area (Å²) in [6.45, 7) is 5.61. The fourth-order valence-corrected chi connectivity index (χ4v) is 1.85. The van der Waals surface area contributed by atoms with Gasteiger partial charge >= 0.3 is 0 Å². The number of rotatable bonds is 4. The van der Waals surface area contributed by atoms with Gasteiger partial charge in [0.15, 0.2) is 0 Å². The van der Waals surface area contributed by atoms with Gasteiger partial charge in [-0.25, -0.2) is 4.52 Å². The number of aryl methyl sites for hydroxylation is 2. The Morgan fingerprint density at radius 3 is 2.43 bits per heavy atom. The molecule has 7 heteroatoms. The fourth-order valence-electron chi connectivity index (χ4n) is 1.85. The minimum atomic E-state index is 0. The zero-order valence-electron chi connectivity index (χ0n) is 13.2. The molecule has 2 N–H and O–H groups in total. The van der Waals surface area contributed by atoms with Gasteiger partial charge < -0.3 is 27.4 Å². The van der Waals surface area contributed by atoms with Crippen LogP contribution in [0.3, 0.4) is 0 Å². The van der Waals surface area contributed by atoms with Crippen LogP contribution in [0.15, 0.2) is 12.1 Å². The Morgan fingerprint density at radius 1 is 1.24 bits per heavy atom. The lowest BCUT2D eigenvalue weighted by atomic mass is 10.2. The van der Waals surface area contributed by atoms with Crippen LogP contribution in [0, 0.1) is 13.8 Å². The second-order valence-corrected chi connectivity index (χ2v) is 5.98. The summed E-state index contributed by atoms with van der Waals surface area (Å²) in [6.07, 6.45) is 0. The summed E-state index contributed by atoms with van der Waals surface area (Å²) in [6, 6.07) is 4.04. The molecule has 2 aromatic heterocycles. The van der Waals surface area contributed by atoms with Crippen molar-refractivity contribution in [2.75, 3.05) is 40.0 Å². The molecule has 2 aromatic rings. The van der Waals surface area contributed by atoms with E-state index in [2.05, 4.69) is 39.2 Å². The smallest absolute Gasteiger partial charge is 0.257 e. The maximum absolute atomic E-state index is 6.09. The average molecular weight is 335 g/mol. The predicted octanol–water partition coefficient (Wildman–Crippen LogP) is -0.956. The minimum absolute atomic E-state index is 0. The molecule has 5 nitrogen and oxygen atoms in total. The van der Waals surface area contributed by atoms with Crippen molar-refractivity contribution in [3.8, 4) is 5.88 Å². The highest BCUT2D eigenvalue weighted by molar-refractivity contribution is 5.85. The monoisotopic (exact) mass is 334 g/mol. The SMILES string of the molecule is Cc1ccc2c(N)c(OCC[N+](C)(C)C)nn2c1C.Cl.[Cl-]. The molecule has 2 heterocycles. The van der Waals surface area contributed by atoms with Crippen molar-refractivity contribution in [2.24, 2.45) is 0 Å². The Bertz CT molecular complexity index is 605. The maximum atomic E-state index is 6.09. The van der Waals surface area contributed by atoms with Gasteiger partial charge in [-0.2, -0.15) is 0 Å². The van der Waals surface area contributed by atoms with E-state index in [4.69, 9.17) is 10.5 Å². The highest BCUT2D eigenvalue weighted by Gasteiger charge is 2.14. The summed E-state index contributed by atoms with van der Waals surface area (Å²) >= 11 is 0. The number of aromatic nitrogens is 2. The van der Waals surface area contributed by atoms with Crippen LogP contribution in [-0.4, -0.2) is 48.4 Å². The molecule has 0 aliphatic heterocycles. The number of nitrogens with two attached hydrogens (primary N) is 1. The number of nitrogens with zero attached hydrogens (tertiary/aromatic N) is 3. The van der Waals surface area contributed by atoms with Crippen LogP contribution >= 0.6 is 12.4 Å². The van der Waals surface area contributed by atoms with Crippen molar-refractivity contribution in [3.05, 3.63) is 23.4 Å². The van der Waals surface area contributed by atoms with Gasteiger partial charge in [-0.3, -0.25) is 0 Å². The van der Waals surface area contributed by atoms with E-state index < -0.39 is 0 Å². The summed E-state index contributed by atoms with van der Waals surface area (Å²) in [4.78, 5) is 0. The third kappa shape index (κ3) is 4.40. The third-order valence-electron chi connectivity index (χ3n) is 3.31. The van der Waals surface area contributed by atoms with E-state index in [0.717, 1.165) is 22.2 Å². The summed E-state index contributed by atoms with van der Waals surface area (Å²) < 4.78 is 8.43. The fraction of sp³-hybridized carbons (Fsp3) is 0.500. The largest absolute Gasteiger partial charge is 1.00 e. The number of likely N-dealkylation sites (N-methyl/N-ethyl adjacent to an activating group) is 1. The first-order valence-electron chi connectivity index (χ1n) is 6.47. The predicted molar refractivity (Wildman–Crippen MR) is 84.7 cm³/mol. The van der Waals surface area contributed by atoms with Crippen molar-refractivity contribution in [2.45, 2.75) is 13.8 Å². The molecule has 0 spiro atoms. The van der Waals surface area contributed by atoms with Gasteiger partial charge in [0, 0.05) is 5.69 Å². The number of ether oxygens (including phenoxy) is 1. The molecule has 0 atom stereocenters. The van der Waals surface area contributed by atoms with E-state index in [1.54, 1.807) is 0 Å². The molecule has 0 amide bonds. The van der Waals surface area contributed by atoms with Crippen LogP contribution in [0.5, 0.6) is 5.88 Å². The first kappa shape index (κ1) is 19.8. The molecule has 0 aromatic carbocycles. The van der Waals surface area contributed by atoms with Crippen LogP contribution in [0.4, 0.5) is 5.69 Å². The van der Waals surface area contributed by atoms with Gasteiger partial charge in [-0.15, -0.1) is 17.5 Å². The summed E-state index contributed by atoms with van der Waals surface area (Å²) in [5, 5.41) is 4.45. The lowest BCUT2D eigenvalue weighted by Gasteiger charge is -2.23. The van der Waals surface area contributed by atoms with Gasteiger partial charge in [0.05, 0.1) is 26.7 Å². The highest BCUT2D eigenvalue weighted by Crippen LogP contribution is 2.27. The van der Waals surface area contributed by atoms with E-state index in [9.17, 15) is 0 Å². The summed E-state index contributed by atoms with van der Waals surface area (Å²) in [5.74, 6) is 0.530. The Morgan fingerprint density at radius 2 is 1.86 bits per heavy atom. The van der Waals surface area contributed by atoms with Crippen molar-refractivity contribution in [3.63, 3.8) is 0 Å². The number of hydrogen-bond acceptors (Lipinski definition) is 3. The molecule has 120 valence electrons. The van der Waals surface area contributed by atoms with Crippen molar-refractivity contribution in [1.29, 1.82) is 0 Å². The number of pyridine rings is 1. The number of fused-ring (bicyclic) bond motifs is 1. The molecule has 0 bridgehead atoms. The number of hydrogen-bond donors (Lipinski definition) is 1. The second-order valence-electron chi connectivity index (χ2n) is 5.98. The van der Waals surface area contributed by atoms with Crippen LogP contribution in [0.25, 0.3) is 5.52 Å². The van der Waals surface area contributed by atoms with Gasteiger partial charge in [0.2, 0.25) is 0 Å². The van der Waals surface area contributed by atoms with Crippen LogP contribution in [0.2, 0.25) is 0 Å².